The van der Waals surface area contributed by atoms with Crippen molar-refractivity contribution in [1.29, 1.82) is 0 Å². The number of benzene rings is 2. The largest absolute Gasteiger partial charge is 0.342 e. The van der Waals surface area contributed by atoms with Gasteiger partial charge in [0, 0.05) is 13.1 Å². The zero-order valence-electron chi connectivity index (χ0n) is 16.3. The maximum Gasteiger partial charge on any atom is 0.266 e. The molecule has 0 radical (unpaired) electrons. The molecule has 0 unspecified atom stereocenters. The highest BCUT2D eigenvalue weighted by molar-refractivity contribution is 7.99. The Labute approximate surface area is 182 Å². The summed E-state index contributed by atoms with van der Waals surface area (Å²) in [5.41, 5.74) is 0.680. The van der Waals surface area contributed by atoms with Gasteiger partial charge in [0.1, 0.15) is 5.82 Å². The minimum Gasteiger partial charge on any atom is -0.342 e. The Morgan fingerprint density at radius 1 is 1.10 bits per heavy atom. The lowest BCUT2D eigenvalue weighted by Crippen LogP contribution is -2.33. The van der Waals surface area contributed by atoms with Gasteiger partial charge in [-0.05, 0) is 43.2 Å². The molecule has 3 aromatic rings. The fourth-order valence-corrected chi connectivity index (χ4v) is 4.69. The smallest absolute Gasteiger partial charge is 0.266 e. The van der Waals surface area contributed by atoms with Crippen LogP contribution in [0.2, 0.25) is 5.02 Å². The maximum absolute atomic E-state index is 13.7. The number of rotatable bonds is 4. The summed E-state index contributed by atoms with van der Waals surface area (Å²) < 4.78 is 15.1. The lowest BCUT2D eigenvalue weighted by molar-refractivity contribution is -0.128. The number of aromatic nitrogens is 2. The Hall–Kier alpha value is -2.38. The van der Waals surface area contributed by atoms with Crippen LogP contribution in [0.25, 0.3) is 16.6 Å². The van der Waals surface area contributed by atoms with Gasteiger partial charge in [-0.2, -0.15) is 0 Å². The van der Waals surface area contributed by atoms with Crippen LogP contribution in [0.4, 0.5) is 4.39 Å². The molecule has 4 rings (SSSR count). The Balaban J connectivity index is 1.71. The summed E-state index contributed by atoms with van der Waals surface area (Å²) in [5.74, 6) is -0.347. The molecule has 0 atom stereocenters. The fourth-order valence-electron chi connectivity index (χ4n) is 3.60. The van der Waals surface area contributed by atoms with Crippen LogP contribution >= 0.6 is 23.4 Å². The van der Waals surface area contributed by atoms with Gasteiger partial charge in [0.15, 0.2) is 5.16 Å². The Kier molecular flexibility index (Phi) is 6.39. The van der Waals surface area contributed by atoms with E-state index >= 15 is 0 Å². The third-order valence-corrected chi connectivity index (χ3v) is 6.40. The number of thioether (sulfide) groups is 1. The topological polar surface area (TPSA) is 55.2 Å². The standard InChI is InChI=1S/C22H21ClFN3O2S/c23-17-13-15(9-10-18(17)24)27-21(29)16-7-3-4-8-19(16)25-22(27)30-14-20(28)26-11-5-1-2-6-12-26/h3-4,7-10,13H,1-2,5-6,11-12,14H2. The maximum atomic E-state index is 13.7. The summed E-state index contributed by atoms with van der Waals surface area (Å²) in [6, 6.07) is 11.1. The van der Waals surface area contributed by atoms with E-state index in [9.17, 15) is 14.0 Å². The highest BCUT2D eigenvalue weighted by Crippen LogP contribution is 2.25. The molecule has 0 bridgehead atoms. The number of halogens is 2. The van der Waals surface area contributed by atoms with Gasteiger partial charge >= 0.3 is 0 Å². The van der Waals surface area contributed by atoms with Crippen LogP contribution in [-0.2, 0) is 4.79 Å². The average Bonchev–Trinajstić information content (AvgIpc) is 3.04. The van der Waals surface area contributed by atoms with Crippen LogP contribution in [-0.4, -0.2) is 39.2 Å². The Morgan fingerprint density at radius 2 is 1.83 bits per heavy atom. The lowest BCUT2D eigenvalue weighted by atomic mass is 10.2. The van der Waals surface area contributed by atoms with Crippen LogP contribution in [0, 0.1) is 5.82 Å². The molecule has 1 aromatic heterocycles. The number of hydrogen-bond acceptors (Lipinski definition) is 4. The van der Waals surface area contributed by atoms with Crippen LogP contribution in [0.1, 0.15) is 25.7 Å². The number of carbonyl (C=O) groups is 1. The summed E-state index contributed by atoms with van der Waals surface area (Å²) in [6.07, 6.45) is 4.33. The number of likely N-dealkylation sites (tertiary alicyclic amines) is 1. The summed E-state index contributed by atoms with van der Waals surface area (Å²) >= 11 is 7.17. The number of amides is 1. The molecule has 2 aromatic carbocycles. The highest BCUT2D eigenvalue weighted by Gasteiger charge is 2.19. The van der Waals surface area contributed by atoms with Crippen molar-refractivity contribution in [3.05, 3.63) is 63.7 Å². The number of carbonyl (C=O) groups excluding carboxylic acids is 1. The molecule has 8 heteroatoms. The van der Waals surface area contributed by atoms with E-state index in [0.29, 0.717) is 21.7 Å². The summed E-state index contributed by atoms with van der Waals surface area (Å²) in [6.45, 7) is 1.54. The fraction of sp³-hybridized carbons (Fsp3) is 0.318. The second-order valence-corrected chi connectivity index (χ2v) is 8.58. The van der Waals surface area contributed by atoms with Crippen LogP contribution < -0.4 is 5.56 Å². The first-order valence-electron chi connectivity index (χ1n) is 9.92. The summed E-state index contributed by atoms with van der Waals surface area (Å²) in [7, 11) is 0. The quantitative estimate of drug-likeness (QED) is 0.432. The van der Waals surface area contributed by atoms with Crippen LogP contribution in [0.3, 0.4) is 0 Å². The summed E-state index contributed by atoms with van der Waals surface area (Å²) in [5, 5.41) is 0.745. The molecule has 1 amide bonds. The van der Waals surface area contributed by atoms with E-state index in [1.54, 1.807) is 18.2 Å². The first-order chi connectivity index (χ1) is 14.5. The van der Waals surface area contributed by atoms with E-state index in [2.05, 4.69) is 4.98 Å². The predicted octanol–water partition coefficient (Wildman–Crippen LogP) is 4.67. The molecule has 0 spiro atoms. The first-order valence-corrected chi connectivity index (χ1v) is 11.3. The van der Waals surface area contributed by atoms with Gasteiger partial charge in [-0.3, -0.25) is 14.2 Å². The van der Waals surface area contributed by atoms with Crippen molar-refractivity contribution in [3.8, 4) is 5.69 Å². The first kappa shape index (κ1) is 20.9. The van der Waals surface area contributed by atoms with Crippen molar-refractivity contribution in [2.75, 3.05) is 18.8 Å². The van der Waals surface area contributed by atoms with Crippen LogP contribution in [0.5, 0.6) is 0 Å². The molecule has 1 aliphatic rings. The minimum atomic E-state index is -0.562. The van der Waals surface area contributed by atoms with Gasteiger partial charge in [0.25, 0.3) is 5.56 Å². The molecule has 5 nitrogen and oxygen atoms in total. The Morgan fingerprint density at radius 3 is 2.57 bits per heavy atom. The molecule has 0 aliphatic carbocycles. The molecule has 1 aliphatic heterocycles. The third-order valence-electron chi connectivity index (χ3n) is 5.19. The van der Waals surface area contributed by atoms with E-state index in [-0.39, 0.29) is 22.2 Å². The van der Waals surface area contributed by atoms with E-state index in [1.165, 1.54) is 34.5 Å². The van der Waals surface area contributed by atoms with E-state index in [4.69, 9.17) is 11.6 Å². The molecule has 0 N–H and O–H groups in total. The van der Waals surface area contributed by atoms with Crippen molar-refractivity contribution in [3.63, 3.8) is 0 Å². The molecule has 1 saturated heterocycles. The van der Waals surface area contributed by atoms with Crippen molar-refractivity contribution in [2.24, 2.45) is 0 Å². The molecule has 0 saturated carbocycles. The molecule has 156 valence electrons. The van der Waals surface area contributed by atoms with E-state index < -0.39 is 5.82 Å². The van der Waals surface area contributed by atoms with Gasteiger partial charge < -0.3 is 4.90 Å². The van der Waals surface area contributed by atoms with Gasteiger partial charge in [0.2, 0.25) is 5.91 Å². The van der Waals surface area contributed by atoms with Gasteiger partial charge in [0.05, 0.1) is 27.4 Å². The average molecular weight is 446 g/mol. The zero-order valence-corrected chi connectivity index (χ0v) is 17.9. The van der Waals surface area contributed by atoms with Crippen molar-refractivity contribution in [1.82, 2.24) is 14.5 Å². The van der Waals surface area contributed by atoms with Crippen LogP contribution in [0.15, 0.2) is 52.4 Å². The lowest BCUT2D eigenvalue weighted by Gasteiger charge is -2.20. The SMILES string of the molecule is O=C(CSc1nc2ccccc2c(=O)n1-c1ccc(F)c(Cl)c1)N1CCCCCC1. The molecule has 2 heterocycles. The van der Waals surface area contributed by atoms with Gasteiger partial charge in [-0.15, -0.1) is 0 Å². The number of nitrogens with zero attached hydrogens (tertiary/aromatic N) is 3. The molecular formula is C22H21ClFN3O2S. The summed E-state index contributed by atoms with van der Waals surface area (Å²) in [4.78, 5) is 32.5. The second-order valence-electron chi connectivity index (χ2n) is 7.23. The Bertz CT molecular complexity index is 1140. The van der Waals surface area contributed by atoms with Crippen molar-refractivity contribution < 1.29 is 9.18 Å². The molecule has 1 fully saturated rings. The van der Waals surface area contributed by atoms with Crippen molar-refractivity contribution >= 4 is 40.2 Å². The van der Waals surface area contributed by atoms with Gasteiger partial charge in [-0.25, -0.2) is 9.37 Å². The number of hydrogen-bond donors (Lipinski definition) is 0. The monoisotopic (exact) mass is 445 g/mol. The highest BCUT2D eigenvalue weighted by atomic mass is 35.5. The normalized spacial score (nSPS) is 14.7. The van der Waals surface area contributed by atoms with Gasteiger partial charge in [-0.1, -0.05) is 48.3 Å². The van der Waals surface area contributed by atoms with Crippen molar-refractivity contribution in [2.45, 2.75) is 30.8 Å². The molecular weight excluding hydrogens is 425 g/mol. The number of fused-ring (bicyclic) bond motifs is 1. The van der Waals surface area contributed by atoms with E-state index in [1.807, 2.05) is 11.0 Å². The molecule has 30 heavy (non-hydrogen) atoms. The zero-order chi connectivity index (χ0) is 21.1. The third kappa shape index (κ3) is 4.37. The predicted molar refractivity (Wildman–Crippen MR) is 118 cm³/mol. The number of para-hydroxylation sites is 1. The minimum absolute atomic E-state index is 0.0352. The van der Waals surface area contributed by atoms with E-state index in [0.717, 1.165) is 38.8 Å². The second kappa shape index (κ2) is 9.18.